The average molecular weight is 1060 g/mol. The predicted octanol–water partition coefficient (Wildman–Crippen LogP) is 23.0. The summed E-state index contributed by atoms with van der Waals surface area (Å²) < 4.78 is 17.0. The molecule has 0 rings (SSSR count). The van der Waals surface area contributed by atoms with Crippen molar-refractivity contribution < 1.29 is 28.6 Å². The summed E-state index contributed by atoms with van der Waals surface area (Å²) in [5.74, 6) is -0.836. The Bertz CT molecular complexity index is 1210. The van der Waals surface area contributed by atoms with Crippen LogP contribution in [0.1, 0.15) is 380 Å². The van der Waals surface area contributed by atoms with Crippen LogP contribution >= 0.6 is 0 Å². The molecule has 1 atom stereocenters. The molecular formula is C69H130O6. The van der Waals surface area contributed by atoms with Crippen LogP contribution in [0.2, 0.25) is 0 Å². The summed E-state index contributed by atoms with van der Waals surface area (Å²) in [6.45, 7) is 6.70. The zero-order chi connectivity index (χ0) is 54.3. The van der Waals surface area contributed by atoms with Gasteiger partial charge in [-0.15, -0.1) is 0 Å². The van der Waals surface area contributed by atoms with E-state index in [1.54, 1.807) is 0 Å². The molecule has 0 aromatic carbocycles. The Morgan fingerprint density at radius 1 is 0.267 bits per heavy atom. The first-order valence-corrected chi connectivity index (χ1v) is 33.9. The van der Waals surface area contributed by atoms with Gasteiger partial charge in [0.25, 0.3) is 0 Å². The van der Waals surface area contributed by atoms with Crippen LogP contribution in [0.3, 0.4) is 0 Å². The molecule has 0 aliphatic rings. The van der Waals surface area contributed by atoms with E-state index in [0.29, 0.717) is 19.3 Å². The Morgan fingerprint density at radius 3 is 0.733 bits per heavy atom. The second-order valence-electron chi connectivity index (χ2n) is 23.1. The van der Waals surface area contributed by atoms with Crippen molar-refractivity contribution in [1.82, 2.24) is 0 Å². The molecule has 75 heavy (non-hydrogen) atoms. The van der Waals surface area contributed by atoms with Crippen LogP contribution in [0.5, 0.6) is 0 Å². The van der Waals surface area contributed by atoms with Gasteiger partial charge in [0.15, 0.2) is 6.10 Å². The van der Waals surface area contributed by atoms with Gasteiger partial charge in [-0.25, -0.2) is 0 Å². The van der Waals surface area contributed by atoms with Crippen LogP contribution in [0, 0.1) is 0 Å². The second kappa shape index (κ2) is 64.4. The third-order valence-electron chi connectivity index (χ3n) is 15.5. The smallest absolute Gasteiger partial charge is 0.306 e. The number of rotatable bonds is 63. The molecule has 0 heterocycles. The van der Waals surface area contributed by atoms with E-state index in [0.717, 1.165) is 57.8 Å². The summed E-state index contributed by atoms with van der Waals surface area (Å²) in [7, 11) is 0. The number of unbranched alkanes of at least 4 members (excludes halogenated alkanes) is 49. The van der Waals surface area contributed by atoms with Crippen molar-refractivity contribution in [2.24, 2.45) is 0 Å². The summed E-state index contributed by atoms with van der Waals surface area (Å²) in [5, 5.41) is 0. The van der Waals surface area contributed by atoms with Crippen molar-refractivity contribution in [3.63, 3.8) is 0 Å². The van der Waals surface area contributed by atoms with Crippen molar-refractivity contribution >= 4 is 17.9 Å². The molecule has 442 valence electrons. The molecule has 0 amide bonds. The average Bonchev–Trinajstić information content (AvgIpc) is 3.41. The van der Waals surface area contributed by atoms with E-state index in [2.05, 4.69) is 45.1 Å². The van der Waals surface area contributed by atoms with Gasteiger partial charge < -0.3 is 14.2 Å². The van der Waals surface area contributed by atoms with Crippen molar-refractivity contribution in [3.05, 3.63) is 24.3 Å². The number of carbonyl (C=O) groups is 3. The Morgan fingerprint density at radius 2 is 0.467 bits per heavy atom. The fourth-order valence-corrected chi connectivity index (χ4v) is 10.4. The minimum atomic E-state index is -0.769. The zero-order valence-corrected chi connectivity index (χ0v) is 50.8. The van der Waals surface area contributed by atoms with Gasteiger partial charge in [-0.05, 0) is 44.9 Å². The molecular weight excluding hydrogens is 925 g/mol. The van der Waals surface area contributed by atoms with Crippen molar-refractivity contribution in [3.8, 4) is 0 Å². The normalized spacial score (nSPS) is 12.1. The first-order valence-electron chi connectivity index (χ1n) is 33.9. The third-order valence-corrected chi connectivity index (χ3v) is 15.5. The van der Waals surface area contributed by atoms with Crippen molar-refractivity contribution in [2.75, 3.05) is 13.2 Å². The lowest BCUT2D eigenvalue weighted by Gasteiger charge is -2.18. The van der Waals surface area contributed by atoms with Gasteiger partial charge in [-0.1, -0.05) is 340 Å². The first-order chi connectivity index (χ1) is 37.0. The fraction of sp³-hybridized carbons (Fsp3) is 0.899. The number of ether oxygens (including phenoxy) is 3. The fourth-order valence-electron chi connectivity index (χ4n) is 10.4. The van der Waals surface area contributed by atoms with E-state index in [1.807, 2.05) is 0 Å². The highest BCUT2D eigenvalue weighted by Crippen LogP contribution is 2.18. The maximum absolute atomic E-state index is 12.9. The molecule has 0 bridgehead atoms. The molecule has 6 nitrogen and oxygen atoms in total. The highest BCUT2D eigenvalue weighted by Gasteiger charge is 2.19. The monoisotopic (exact) mass is 1050 g/mol. The summed E-state index contributed by atoms with van der Waals surface area (Å²) in [5.41, 5.74) is 0. The lowest BCUT2D eigenvalue weighted by atomic mass is 10.0. The third kappa shape index (κ3) is 62.6. The van der Waals surface area contributed by atoms with E-state index in [9.17, 15) is 14.4 Å². The van der Waals surface area contributed by atoms with Gasteiger partial charge in [-0.2, -0.15) is 0 Å². The van der Waals surface area contributed by atoms with Crippen LogP contribution < -0.4 is 0 Å². The minimum Gasteiger partial charge on any atom is -0.462 e. The van der Waals surface area contributed by atoms with Gasteiger partial charge in [0.1, 0.15) is 13.2 Å². The largest absolute Gasteiger partial charge is 0.462 e. The molecule has 0 spiro atoms. The number of hydrogen-bond donors (Lipinski definition) is 0. The SMILES string of the molecule is CCCCC/C=C\C=C/CCCCCCCCCCCCC(=O)OCC(COC(=O)CCCCCCCCCCCCCCCCCCCCC)OC(=O)CCCCCCCCCCCCCCCCCCCCC. The molecule has 0 aliphatic heterocycles. The van der Waals surface area contributed by atoms with Gasteiger partial charge in [0.2, 0.25) is 0 Å². The second-order valence-corrected chi connectivity index (χ2v) is 23.1. The highest BCUT2D eigenvalue weighted by molar-refractivity contribution is 5.71. The number of esters is 3. The number of hydrogen-bond acceptors (Lipinski definition) is 6. The quantitative estimate of drug-likeness (QED) is 0.0261. The summed E-state index contributed by atoms with van der Waals surface area (Å²) in [6.07, 6.45) is 77.6. The number of allylic oxidation sites excluding steroid dienone is 4. The van der Waals surface area contributed by atoms with Gasteiger partial charge >= 0.3 is 17.9 Å². The molecule has 0 aromatic heterocycles. The lowest BCUT2D eigenvalue weighted by molar-refractivity contribution is -0.167. The molecule has 0 saturated carbocycles. The van der Waals surface area contributed by atoms with Gasteiger partial charge in [0, 0.05) is 19.3 Å². The number of carbonyl (C=O) groups excluding carboxylic acids is 3. The van der Waals surface area contributed by atoms with Crippen molar-refractivity contribution in [2.45, 2.75) is 386 Å². The van der Waals surface area contributed by atoms with Crippen molar-refractivity contribution in [1.29, 1.82) is 0 Å². The van der Waals surface area contributed by atoms with Crippen LogP contribution in [0.25, 0.3) is 0 Å². The summed E-state index contributed by atoms with van der Waals surface area (Å²) >= 11 is 0. The van der Waals surface area contributed by atoms with E-state index >= 15 is 0 Å². The minimum absolute atomic E-state index is 0.0654. The van der Waals surface area contributed by atoms with E-state index in [-0.39, 0.29) is 31.1 Å². The topological polar surface area (TPSA) is 78.9 Å². The predicted molar refractivity (Wildman–Crippen MR) is 326 cm³/mol. The Kier molecular flexibility index (Phi) is 62.6. The molecule has 0 aliphatic carbocycles. The van der Waals surface area contributed by atoms with E-state index in [1.165, 1.54) is 283 Å². The Hall–Kier alpha value is -2.11. The molecule has 0 aromatic rings. The summed E-state index contributed by atoms with van der Waals surface area (Å²) in [6, 6.07) is 0. The van der Waals surface area contributed by atoms with Crippen LogP contribution in [0.4, 0.5) is 0 Å². The van der Waals surface area contributed by atoms with Crippen LogP contribution in [-0.4, -0.2) is 37.2 Å². The molecule has 0 saturated heterocycles. The maximum atomic E-state index is 12.9. The van der Waals surface area contributed by atoms with Gasteiger partial charge in [0.05, 0.1) is 0 Å². The van der Waals surface area contributed by atoms with Gasteiger partial charge in [-0.3, -0.25) is 14.4 Å². The zero-order valence-electron chi connectivity index (χ0n) is 50.8. The lowest BCUT2D eigenvalue weighted by Crippen LogP contribution is -2.30. The molecule has 0 N–H and O–H groups in total. The van der Waals surface area contributed by atoms with Crippen LogP contribution in [-0.2, 0) is 28.6 Å². The summed E-state index contributed by atoms with van der Waals surface area (Å²) in [4.78, 5) is 38.4. The van der Waals surface area contributed by atoms with E-state index < -0.39 is 6.10 Å². The van der Waals surface area contributed by atoms with Crippen LogP contribution in [0.15, 0.2) is 24.3 Å². The molecule has 1 unspecified atom stereocenters. The maximum Gasteiger partial charge on any atom is 0.306 e. The van der Waals surface area contributed by atoms with E-state index in [4.69, 9.17) is 14.2 Å². The Balaban J connectivity index is 4.31. The molecule has 0 radical (unpaired) electrons. The Labute approximate surface area is 468 Å². The molecule has 0 fully saturated rings. The molecule has 6 heteroatoms. The standard InChI is InChI=1S/C69H130O6/c1-4-7-10-13-16-19-22-25-28-31-34-37-40-43-46-49-52-55-58-61-67(70)73-64-66(75-69(72)63-60-57-54-51-48-45-42-39-36-33-30-27-24-21-18-15-12-9-6-3)65-74-68(71)62-59-56-53-50-47-44-41-38-35-32-29-26-23-20-17-14-11-8-5-2/h16,19,22,25,66H,4-15,17-18,20-21,23-24,26-65H2,1-3H3/b19-16-,25-22-. The highest BCUT2D eigenvalue weighted by atomic mass is 16.6. The first kappa shape index (κ1) is 72.9.